The molecule has 0 aliphatic heterocycles. The standard InChI is InChI=1S/C22H24B.C2H6S/c1-2-3-19-23(20-13-7-4-8-14-20,21-15-9-5-10-16-21)22-17-11-6-12-18-22;1-3-2/h4-18H,2-3,19H2,1H3;1-2H3/q-1;/p+1. The van der Waals surface area contributed by atoms with Gasteiger partial charge in [0.05, 0.1) is 18.7 Å². The van der Waals surface area contributed by atoms with E-state index in [9.17, 15) is 0 Å². The molecule has 0 N–H and O–H groups in total. The van der Waals surface area contributed by atoms with Crippen LogP contribution in [0.2, 0.25) is 6.32 Å². The van der Waals surface area contributed by atoms with E-state index >= 15 is 0 Å². The number of rotatable bonds is 6. The van der Waals surface area contributed by atoms with Crippen molar-refractivity contribution < 1.29 is 0 Å². The second kappa shape index (κ2) is 10.9. The predicted octanol–water partition coefficient (Wildman–Crippen LogP) is 4.02. The third-order valence-corrected chi connectivity index (χ3v) is 5.10. The van der Waals surface area contributed by atoms with Crippen LogP contribution in [0.3, 0.4) is 0 Å². The van der Waals surface area contributed by atoms with Gasteiger partial charge in [-0.1, -0.05) is 111 Å². The van der Waals surface area contributed by atoms with E-state index in [1.807, 2.05) is 0 Å². The second-order valence-electron chi connectivity index (χ2n) is 6.87. The average Bonchev–Trinajstić information content (AvgIpc) is 2.72. The van der Waals surface area contributed by atoms with Crippen LogP contribution in [-0.2, 0) is 11.8 Å². The maximum atomic E-state index is 2.30. The molecular weight excluding hydrogens is 331 g/mol. The summed E-state index contributed by atoms with van der Waals surface area (Å²) in [5, 5.41) is 0. The minimum absolute atomic E-state index is 0.913. The van der Waals surface area contributed by atoms with Crippen LogP contribution in [0.5, 0.6) is 0 Å². The summed E-state index contributed by atoms with van der Waals surface area (Å²) < 4.78 is 0. The molecule has 0 amide bonds. The van der Waals surface area contributed by atoms with Crippen LogP contribution in [0.4, 0.5) is 0 Å². The van der Waals surface area contributed by atoms with Gasteiger partial charge in [0.25, 0.3) is 0 Å². The van der Waals surface area contributed by atoms with Crippen LogP contribution in [0.1, 0.15) is 19.8 Å². The molecule has 3 aromatic rings. The molecular formula is C24H31BS. The van der Waals surface area contributed by atoms with Crippen LogP contribution in [-0.4, -0.2) is 18.7 Å². The van der Waals surface area contributed by atoms with Crippen LogP contribution in [0.15, 0.2) is 91.0 Å². The molecule has 136 valence electrons. The van der Waals surface area contributed by atoms with Gasteiger partial charge in [-0.15, -0.1) is 0 Å². The fraction of sp³-hybridized carbons (Fsp3) is 0.250. The molecule has 0 bridgehead atoms. The molecule has 0 saturated heterocycles. The van der Waals surface area contributed by atoms with E-state index in [1.165, 1.54) is 47.3 Å². The van der Waals surface area contributed by atoms with Crippen molar-refractivity contribution in [3.05, 3.63) is 91.0 Å². The second-order valence-corrected chi connectivity index (χ2v) is 7.76. The van der Waals surface area contributed by atoms with Gasteiger partial charge in [-0.2, -0.15) is 22.7 Å². The Morgan fingerprint density at radius 3 is 1.19 bits per heavy atom. The molecule has 26 heavy (non-hydrogen) atoms. The zero-order chi connectivity index (χ0) is 18.7. The third-order valence-electron chi connectivity index (χ3n) is 5.10. The van der Waals surface area contributed by atoms with Gasteiger partial charge in [0, 0.05) is 0 Å². The van der Waals surface area contributed by atoms with Crippen molar-refractivity contribution in [2.75, 3.05) is 12.5 Å². The largest absolute Gasteiger partial charge is 0.200 e. The van der Waals surface area contributed by atoms with Crippen molar-refractivity contribution in [3.63, 3.8) is 0 Å². The first-order valence-corrected chi connectivity index (χ1v) is 11.4. The van der Waals surface area contributed by atoms with Gasteiger partial charge in [-0.25, -0.2) is 0 Å². The summed E-state index contributed by atoms with van der Waals surface area (Å²) in [6.45, 7) is 2.28. The molecule has 0 radical (unpaired) electrons. The van der Waals surface area contributed by atoms with E-state index in [-0.39, 0.29) is 0 Å². The molecule has 0 aliphatic carbocycles. The SMILES string of the molecule is CCCC[B-](c1ccccc1)(c1ccccc1)c1ccccc1.C[SH+]C. The molecule has 0 atom stereocenters. The first-order chi connectivity index (χ1) is 12.8. The van der Waals surface area contributed by atoms with Gasteiger partial charge >= 0.3 is 0 Å². The Labute approximate surface area is 164 Å². The molecule has 3 aromatic carbocycles. The van der Waals surface area contributed by atoms with E-state index in [0.717, 1.165) is 0 Å². The monoisotopic (exact) mass is 362 g/mol. The minimum atomic E-state index is -0.913. The normalized spacial score (nSPS) is 10.7. The Bertz CT molecular complexity index is 629. The number of thiol groups is 1. The topological polar surface area (TPSA) is 0 Å². The smallest absolute Gasteiger partial charge is 0.0949 e. The average molecular weight is 362 g/mol. The zero-order valence-electron chi connectivity index (χ0n) is 16.3. The Morgan fingerprint density at radius 1 is 0.615 bits per heavy atom. The molecule has 0 aliphatic rings. The first-order valence-electron chi connectivity index (χ1n) is 9.61. The van der Waals surface area contributed by atoms with E-state index < -0.39 is 6.15 Å². The summed E-state index contributed by atoms with van der Waals surface area (Å²) >= 11 is 1.42. The highest BCUT2D eigenvalue weighted by Crippen LogP contribution is 2.16. The summed E-state index contributed by atoms with van der Waals surface area (Å²) in [7, 11) is 0. The van der Waals surface area contributed by atoms with Gasteiger partial charge in [-0.3, -0.25) is 0 Å². The lowest BCUT2D eigenvalue weighted by molar-refractivity contribution is 0.874. The summed E-state index contributed by atoms with van der Waals surface area (Å²) in [4.78, 5) is 0. The van der Waals surface area contributed by atoms with Gasteiger partial charge in [0.15, 0.2) is 0 Å². The number of hydrogen-bond donors (Lipinski definition) is 0. The number of unbranched alkanes of at least 4 members (excludes halogenated alkanes) is 1. The van der Waals surface area contributed by atoms with Crippen LogP contribution in [0.25, 0.3) is 0 Å². The van der Waals surface area contributed by atoms with Crippen molar-refractivity contribution in [2.45, 2.75) is 26.1 Å². The third kappa shape index (κ3) is 4.83. The molecule has 0 unspecified atom stereocenters. The molecule has 0 aromatic heterocycles. The molecule has 3 rings (SSSR count). The van der Waals surface area contributed by atoms with Gasteiger partial charge < -0.3 is 0 Å². The Morgan fingerprint density at radius 2 is 0.923 bits per heavy atom. The predicted molar refractivity (Wildman–Crippen MR) is 124 cm³/mol. The first kappa shape index (κ1) is 20.4. The molecule has 0 fully saturated rings. The molecule has 0 spiro atoms. The summed E-state index contributed by atoms with van der Waals surface area (Å²) in [5.41, 5.74) is 4.33. The van der Waals surface area contributed by atoms with E-state index in [2.05, 4.69) is 110 Å². The Kier molecular flexibility index (Phi) is 8.57. The van der Waals surface area contributed by atoms with Crippen molar-refractivity contribution in [1.29, 1.82) is 0 Å². The summed E-state index contributed by atoms with van der Waals surface area (Å²) in [6, 6.07) is 33.2. The molecule has 0 nitrogen and oxygen atoms in total. The highest BCUT2D eigenvalue weighted by molar-refractivity contribution is 7.76. The number of hydrogen-bond acceptors (Lipinski definition) is 0. The van der Waals surface area contributed by atoms with Gasteiger partial charge in [0.2, 0.25) is 0 Å². The Hall–Kier alpha value is -1.93. The van der Waals surface area contributed by atoms with Gasteiger partial charge in [-0.05, 0) is 11.8 Å². The lowest BCUT2D eigenvalue weighted by Crippen LogP contribution is -2.66. The fourth-order valence-electron chi connectivity index (χ4n) is 3.93. The van der Waals surface area contributed by atoms with E-state index in [0.29, 0.717) is 0 Å². The molecule has 0 saturated carbocycles. The fourth-order valence-corrected chi connectivity index (χ4v) is 3.93. The number of benzene rings is 3. The van der Waals surface area contributed by atoms with Crippen molar-refractivity contribution in [3.8, 4) is 0 Å². The lowest BCUT2D eigenvalue weighted by Gasteiger charge is -2.43. The van der Waals surface area contributed by atoms with Crippen LogP contribution < -0.4 is 16.4 Å². The van der Waals surface area contributed by atoms with E-state index in [4.69, 9.17) is 0 Å². The minimum Gasteiger partial charge on any atom is -0.200 e. The maximum Gasteiger partial charge on any atom is 0.0949 e. The highest BCUT2D eigenvalue weighted by Gasteiger charge is 2.28. The maximum absolute atomic E-state index is 2.30. The molecule has 2 heteroatoms. The quantitative estimate of drug-likeness (QED) is 0.353. The summed E-state index contributed by atoms with van der Waals surface area (Å²) in [6.07, 6.45) is 6.92. The van der Waals surface area contributed by atoms with E-state index in [1.54, 1.807) is 0 Å². The van der Waals surface area contributed by atoms with Crippen LogP contribution >= 0.6 is 0 Å². The highest BCUT2D eigenvalue weighted by atomic mass is 32.2. The summed E-state index contributed by atoms with van der Waals surface area (Å²) in [5.74, 6) is 0. The van der Waals surface area contributed by atoms with Crippen molar-refractivity contribution in [1.82, 2.24) is 0 Å². The Balaban J connectivity index is 0.000000758. The zero-order valence-corrected chi connectivity index (χ0v) is 17.2. The van der Waals surface area contributed by atoms with Crippen LogP contribution in [0, 0.1) is 0 Å². The lowest BCUT2D eigenvalue weighted by atomic mass is 9.14. The van der Waals surface area contributed by atoms with Crippen molar-refractivity contribution >= 4 is 34.3 Å². The van der Waals surface area contributed by atoms with Crippen molar-refractivity contribution in [2.24, 2.45) is 0 Å². The van der Waals surface area contributed by atoms with Gasteiger partial charge in [0.1, 0.15) is 0 Å². The molecule has 0 heterocycles.